The van der Waals surface area contributed by atoms with E-state index in [2.05, 4.69) is 59.7 Å². The van der Waals surface area contributed by atoms with Gasteiger partial charge in [0, 0.05) is 46.2 Å². The second kappa shape index (κ2) is 20.0. The van der Waals surface area contributed by atoms with Crippen molar-refractivity contribution in [3.63, 3.8) is 0 Å². The highest BCUT2D eigenvalue weighted by molar-refractivity contribution is 5.74. The van der Waals surface area contributed by atoms with E-state index in [1.54, 1.807) is 40.1 Å². The standard InChI is InChI=1S/C65H71N3/c1-62(2,3)39-49-35-50(40-63(4,5)6)37-55(36-49)58-38-61(53-24-18-13-19-25-53)66-43-54(58)27-26-46-32-47(41-64(7,8)56-28-30-59(67-44-56)51-20-14-11-15-21-51)34-48(33-46)42-65(9,10)57-29-31-60(68-45-57)52-22-16-12-17-23-52/h11-25,28-38,43-45H,26-27,39-42H2,1-10H3/i26D2,27D2,41D2,42D2. The van der Waals surface area contributed by atoms with Crippen LogP contribution in [-0.4, -0.2) is 15.0 Å². The maximum atomic E-state index is 10.2. The van der Waals surface area contributed by atoms with Crippen molar-refractivity contribution in [1.82, 2.24) is 15.0 Å². The third-order valence-corrected chi connectivity index (χ3v) is 12.1. The molecule has 0 fully saturated rings. The molecule has 3 aromatic heterocycles. The zero-order valence-corrected chi connectivity index (χ0v) is 41.5. The summed E-state index contributed by atoms with van der Waals surface area (Å²) < 4.78 is 80.9. The van der Waals surface area contributed by atoms with Crippen LogP contribution >= 0.6 is 0 Å². The maximum Gasteiger partial charge on any atom is 0.0708 e. The molecule has 346 valence electrons. The third-order valence-electron chi connectivity index (χ3n) is 12.1. The van der Waals surface area contributed by atoms with Gasteiger partial charge in [-0.15, -0.1) is 0 Å². The van der Waals surface area contributed by atoms with Crippen molar-refractivity contribution >= 4 is 0 Å². The molecule has 0 unspecified atom stereocenters. The molecule has 0 bridgehead atoms. The van der Waals surface area contributed by atoms with E-state index in [9.17, 15) is 11.0 Å². The van der Waals surface area contributed by atoms with Gasteiger partial charge in [-0.05, 0) is 134 Å². The molecule has 68 heavy (non-hydrogen) atoms. The molecule has 8 rings (SSSR count). The molecular weight excluding hydrogens is 823 g/mol. The molecule has 0 aliphatic carbocycles. The molecule has 0 N–H and O–H groups in total. The van der Waals surface area contributed by atoms with E-state index in [-0.39, 0.29) is 33.1 Å². The van der Waals surface area contributed by atoms with Crippen LogP contribution in [0, 0.1) is 10.8 Å². The monoisotopic (exact) mass is 902 g/mol. The SMILES string of the molecule is [2H]C([2H])(c1cc(C([2H])([2H])C(C)(C)c2ccc(-c3ccccc3)nc2)cc(C([2H])([2H])C(C)(C)c2ccc(-c3ccccc3)nc2)c1)C([2H])([2H])c1cnc(-c2ccccc2)cc1-c1cc(CC(C)(C)C)cc(CC(C)(C)C)c1. The molecule has 0 aliphatic heterocycles. The van der Waals surface area contributed by atoms with E-state index in [0.29, 0.717) is 22.4 Å². The molecule has 0 saturated carbocycles. The van der Waals surface area contributed by atoms with Crippen molar-refractivity contribution in [3.8, 4) is 44.9 Å². The van der Waals surface area contributed by atoms with Crippen LogP contribution < -0.4 is 0 Å². The first-order valence-electron chi connectivity index (χ1n) is 27.8. The summed E-state index contributed by atoms with van der Waals surface area (Å²) in [6, 6.07) is 49.0. The minimum atomic E-state index is -2.90. The summed E-state index contributed by atoms with van der Waals surface area (Å²) >= 11 is 0. The van der Waals surface area contributed by atoms with Crippen molar-refractivity contribution in [1.29, 1.82) is 0 Å². The minimum Gasteiger partial charge on any atom is -0.256 e. The van der Waals surface area contributed by atoms with Crippen LogP contribution in [0.3, 0.4) is 0 Å². The molecule has 3 heteroatoms. The van der Waals surface area contributed by atoms with Crippen molar-refractivity contribution in [3.05, 3.63) is 221 Å². The molecular formula is C65H71N3. The first-order valence-corrected chi connectivity index (χ1v) is 23.8. The van der Waals surface area contributed by atoms with E-state index < -0.39 is 36.3 Å². The molecule has 0 spiro atoms. The van der Waals surface area contributed by atoms with Gasteiger partial charge in [0.05, 0.1) is 17.1 Å². The number of pyridine rings is 3. The molecule has 5 aromatic carbocycles. The Labute approximate surface area is 419 Å². The third kappa shape index (κ3) is 12.5. The van der Waals surface area contributed by atoms with Gasteiger partial charge in [0.1, 0.15) is 0 Å². The summed E-state index contributed by atoms with van der Waals surface area (Å²) in [5, 5.41) is 0. The fraction of sp³-hybridized carbons (Fsp3) is 0.308. The summed E-state index contributed by atoms with van der Waals surface area (Å²) in [4.78, 5) is 14.3. The number of hydrogen-bond acceptors (Lipinski definition) is 3. The van der Waals surface area contributed by atoms with Crippen LogP contribution in [0.5, 0.6) is 0 Å². The van der Waals surface area contributed by atoms with Crippen molar-refractivity contribution in [2.45, 2.75) is 118 Å². The lowest BCUT2D eigenvalue weighted by Gasteiger charge is -2.28. The topological polar surface area (TPSA) is 38.7 Å². The summed E-state index contributed by atoms with van der Waals surface area (Å²) in [6.07, 6.45) is -4.05. The van der Waals surface area contributed by atoms with E-state index in [1.165, 1.54) is 24.4 Å². The Bertz CT molecular complexity index is 3140. The lowest BCUT2D eigenvalue weighted by atomic mass is 9.77. The van der Waals surface area contributed by atoms with Crippen LogP contribution in [0.25, 0.3) is 44.9 Å². The number of aryl methyl sites for hydroxylation is 2. The first kappa shape index (κ1) is 38.5. The fourth-order valence-electron chi connectivity index (χ4n) is 8.84. The largest absolute Gasteiger partial charge is 0.256 e. The second-order valence-corrected chi connectivity index (χ2v) is 21.6. The van der Waals surface area contributed by atoms with Gasteiger partial charge in [-0.1, -0.05) is 209 Å². The van der Waals surface area contributed by atoms with Gasteiger partial charge in [-0.3, -0.25) is 15.0 Å². The van der Waals surface area contributed by atoms with Gasteiger partial charge in [-0.2, -0.15) is 0 Å². The van der Waals surface area contributed by atoms with Gasteiger partial charge >= 0.3 is 0 Å². The molecule has 0 radical (unpaired) electrons. The number of benzene rings is 5. The van der Waals surface area contributed by atoms with Crippen molar-refractivity contribution in [2.75, 3.05) is 0 Å². The lowest BCUT2D eigenvalue weighted by molar-refractivity contribution is 0.406. The van der Waals surface area contributed by atoms with Crippen LogP contribution in [0.2, 0.25) is 0 Å². The molecule has 8 aromatic rings. The van der Waals surface area contributed by atoms with Crippen LogP contribution in [0.15, 0.2) is 176 Å². The summed E-state index contributed by atoms with van der Waals surface area (Å²) in [5.41, 5.74) is 6.24. The maximum absolute atomic E-state index is 10.2. The number of rotatable bonds is 15. The Hall–Kier alpha value is -6.45. The van der Waals surface area contributed by atoms with E-state index in [4.69, 9.17) is 15.0 Å². The summed E-state index contributed by atoms with van der Waals surface area (Å²) in [5.74, 6) is 0. The Morgan fingerprint density at radius 2 is 0.765 bits per heavy atom. The summed E-state index contributed by atoms with van der Waals surface area (Å²) in [7, 11) is 0. The van der Waals surface area contributed by atoms with E-state index in [1.807, 2.05) is 121 Å². The normalized spacial score (nSPS) is 14.9. The van der Waals surface area contributed by atoms with Crippen LogP contribution in [-0.2, 0) is 49.2 Å². The highest BCUT2D eigenvalue weighted by Gasteiger charge is 2.26. The minimum absolute atomic E-state index is 0.00601. The van der Waals surface area contributed by atoms with Gasteiger partial charge < -0.3 is 0 Å². The smallest absolute Gasteiger partial charge is 0.0708 e. The van der Waals surface area contributed by atoms with Gasteiger partial charge in [-0.25, -0.2) is 0 Å². The van der Waals surface area contributed by atoms with Crippen LogP contribution in [0.4, 0.5) is 0 Å². The van der Waals surface area contributed by atoms with Crippen LogP contribution in [0.1, 0.15) is 125 Å². The van der Waals surface area contributed by atoms with E-state index >= 15 is 0 Å². The average Bonchev–Trinajstić information content (AvgIpc) is 3.47. The highest BCUT2D eigenvalue weighted by Crippen LogP contribution is 2.36. The first-order chi connectivity index (χ1) is 35.4. The van der Waals surface area contributed by atoms with Gasteiger partial charge in [0.15, 0.2) is 0 Å². The molecule has 0 aliphatic rings. The molecule has 0 atom stereocenters. The van der Waals surface area contributed by atoms with Crippen molar-refractivity contribution in [2.24, 2.45) is 10.8 Å². The Kier molecular flexibility index (Phi) is 11.3. The molecule has 0 saturated heterocycles. The summed E-state index contributed by atoms with van der Waals surface area (Å²) in [6.45, 7) is 20.2. The predicted molar refractivity (Wildman–Crippen MR) is 288 cm³/mol. The number of nitrogens with zero attached hydrogens (tertiary/aromatic N) is 3. The molecule has 0 amide bonds. The lowest BCUT2D eigenvalue weighted by Crippen LogP contribution is -2.23. The number of hydrogen-bond donors (Lipinski definition) is 0. The van der Waals surface area contributed by atoms with Gasteiger partial charge in [0.25, 0.3) is 0 Å². The predicted octanol–water partition coefficient (Wildman–Crippen LogP) is 16.5. The highest BCUT2D eigenvalue weighted by atomic mass is 14.7. The zero-order chi connectivity index (χ0) is 55.3. The molecule has 3 nitrogen and oxygen atoms in total. The Balaban J connectivity index is 1.32. The average molecular weight is 902 g/mol. The Morgan fingerprint density at radius 3 is 1.18 bits per heavy atom. The zero-order valence-electron chi connectivity index (χ0n) is 49.5. The fourth-order valence-corrected chi connectivity index (χ4v) is 8.84. The Morgan fingerprint density at radius 1 is 0.368 bits per heavy atom. The quantitative estimate of drug-likeness (QED) is 0.103. The van der Waals surface area contributed by atoms with E-state index in [0.717, 1.165) is 57.6 Å². The van der Waals surface area contributed by atoms with Crippen molar-refractivity contribution < 1.29 is 11.0 Å². The molecule has 3 heterocycles. The number of aromatic nitrogens is 3. The van der Waals surface area contributed by atoms with Gasteiger partial charge in [0.2, 0.25) is 0 Å². The second-order valence-electron chi connectivity index (χ2n) is 21.6.